The van der Waals surface area contributed by atoms with E-state index in [4.69, 9.17) is 15.3 Å². The minimum Gasteiger partial charge on any atom is -0.478 e. The maximum atomic E-state index is 11.8. The molecule has 0 heterocycles. The quantitative estimate of drug-likeness (QED) is 0.480. The summed E-state index contributed by atoms with van der Waals surface area (Å²) in [7, 11) is 0. The molecule has 0 aliphatic carbocycles. The van der Waals surface area contributed by atoms with E-state index in [1.807, 2.05) is 0 Å². The summed E-state index contributed by atoms with van der Waals surface area (Å²) in [4.78, 5) is 45.0. The summed E-state index contributed by atoms with van der Waals surface area (Å²) in [5.41, 5.74) is -2.38. The standard InChI is InChI=1S/C12H11NO7S/c14-9(13-1-2-21)5-3-7(11(17)18)8(12(19)20)4-6(5)10(15)16/h3-4,21H,1-2H2,(H,13,14)(H,15,16)(H,17,18)(H,19,20). The third-order valence-electron chi connectivity index (χ3n) is 2.49. The van der Waals surface area contributed by atoms with Gasteiger partial charge in [0, 0.05) is 12.3 Å². The van der Waals surface area contributed by atoms with Gasteiger partial charge in [-0.1, -0.05) is 0 Å². The van der Waals surface area contributed by atoms with Crippen molar-refractivity contribution >= 4 is 36.4 Å². The summed E-state index contributed by atoms with van der Waals surface area (Å²) in [6, 6.07) is 1.40. The summed E-state index contributed by atoms with van der Waals surface area (Å²) in [5.74, 6) is -5.23. The van der Waals surface area contributed by atoms with E-state index < -0.39 is 46.1 Å². The van der Waals surface area contributed by atoms with E-state index >= 15 is 0 Å². The Balaban J connectivity index is 3.51. The van der Waals surface area contributed by atoms with Gasteiger partial charge < -0.3 is 20.6 Å². The van der Waals surface area contributed by atoms with Crippen LogP contribution >= 0.6 is 12.6 Å². The Morgan fingerprint density at radius 2 is 1.24 bits per heavy atom. The second-order valence-corrected chi connectivity index (χ2v) is 4.29. The summed E-state index contributed by atoms with van der Waals surface area (Å²) < 4.78 is 0. The molecule has 0 fully saturated rings. The van der Waals surface area contributed by atoms with Gasteiger partial charge in [0.15, 0.2) is 0 Å². The molecular weight excluding hydrogens is 302 g/mol. The van der Waals surface area contributed by atoms with Crippen LogP contribution in [0, 0.1) is 0 Å². The molecule has 0 atom stereocenters. The molecule has 0 aliphatic heterocycles. The fourth-order valence-corrected chi connectivity index (χ4v) is 1.69. The SMILES string of the molecule is O=C(O)c1cc(C(=O)O)c(C(=O)NCCS)cc1C(=O)O. The molecule has 0 spiro atoms. The van der Waals surface area contributed by atoms with Crippen molar-refractivity contribution in [2.24, 2.45) is 0 Å². The molecular formula is C12H11NO7S. The first-order chi connectivity index (χ1) is 9.79. The molecule has 112 valence electrons. The molecule has 0 radical (unpaired) electrons. The number of benzene rings is 1. The van der Waals surface area contributed by atoms with Crippen LogP contribution in [-0.2, 0) is 0 Å². The van der Waals surface area contributed by atoms with Crippen molar-refractivity contribution in [1.29, 1.82) is 0 Å². The summed E-state index contributed by atoms with van der Waals surface area (Å²) >= 11 is 3.87. The van der Waals surface area contributed by atoms with Crippen molar-refractivity contribution in [3.8, 4) is 0 Å². The van der Waals surface area contributed by atoms with Crippen molar-refractivity contribution in [3.05, 3.63) is 34.4 Å². The number of nitrogens with one attached hydrogen (secondary N) is 1. The van der Waals surface area contributed by atoms with E-state index in [2.05, 4.69) is 17.9 Å². The van der Waals surface area contributed by atoms with Gasteiger partial charge in [0.1, 0.15) is 0 Å². The van der Waals surface area contributed by atoms with E-state index in [1.165, 1.54) is 0 Å². The highest BCUT2D eigenvalue weighted by atomic mass is 32.1. The largest absolute Gasteiger partial charge is 0.478 e. The number of carbonyl (C=O) groups excluding carboxylic acids is 1. The van der Waals surface area contributed by atoms with Crippen molar-refractivity contribution in [1.82, 2.24) is 5.32 Å². The van der Waals surface area contributed by atoms with Crippen molar-refractivity contribution in [3.63, 3.8) is 0 Å². The Morgan fingerprint density at radius 3 is 1.62 bits per heavy atom. The average Bonchev–Trinajstić information content (AvgIpc) is 2.42. The van der Waals surface area contributed by atoms with E-state index in [1.54, 1.807) is 0 Å². The Kier molecular flexibility index (Phi) is 5.30. The molecule has 21 heavy (non-hydrogen) atoms. The van der Waals surface area contributed by atoms with Crippen LogP contribution in [-0.4, -0.2) is 51.4 Å². The van der Waals surface area contributed by atoms with E-state index in [-0.39, 0.29) is 6.54 Å². The number of hydrogen-bond acceptors (Lipinski definition) is 5. The lowest BCUT2D eigenvalue weighted by Crippen LogP contribution is -2.28. The molecule has 0 saturated heterocycles. The third-order valence-corrected chi connectivity index (χ3v) is 2.71. The molecule has 1 aromatic rings. The van der Waals surface area contributed by atoms with Crippen LogP contribution in [0.1, 0.15) is 41.4 Å². The van der Waals surface area contributed by atoms with Gasteiger partial charge in [-0.2, -0.15) is 12.6 Å². The van der Waals surface area contributed by atoms with Crippen molar-refractivity contribution in [2.75, 3.05) is 12.3 Å². The Labute approximate surface area is 123 Å². The Bertz CT molecular complexity index is 626. The topological polar surface area (TPSA) is 141 Å². The highest BCUT2D eigenvalue weighted by Gasteiger charge is 2.25. The van der Waals surface area contributed by atoms with Gasteiger partial charge in [-0.05, 0) is 12.1 Å². The van der Waals surface area contributed by atoms with Crippen LogP contribution in [0.3, 0.4) is 0 Å². The molecule has 0 saturated carbocycles. The van der Waals surface area contributed by atoms with E-state index in [0.29, 0.717) is 11.8 Å². The molecule has 9 heteroatoms. The fourth-order valence-electron chi connectivity index (χ4n) is 1.58. The maximum Gasteiger partial charge on any atom is 0.336 e. The monoisotopic (exact) mass is 313 g/mol. The number of amides is 1. The highest BCUT2D eigenvalue weighted by molar-refractivity contribution is 7.80. The zero-order valence-electron chi connectivity index (χ0n) is 10.5. The second-order valence-electron chi connectivity index (χ2n) is 3.84. The molecule has 0 aromatic heterocycles. The van der Waals surface area contributed by atoms with Gasteiger partial charge in [-0.25, -0.2) is 14.4 Å². The van der Waals surface area contributed by atoms with Gasteiger partial charge in [-0.15, -0.1) is 0 Å². The maximum absolute atomic E-state index is 11.8. The fraction of sp³-hybridized carbons (Fsp3) is 0.167. The molecule has 8 nitrogen and oxygen atoms in total. The number of thiol groups is 1. The van der Waals surface area contributed by atoms with Gasteiger partial charge in [0.05, 0.1) is 22.3 Å². The first-order valence-corrected chi connectivity index (χ1v) is 6.19. The van der Waals surface area contributed by atoms with Crippen LogP contribution in [0.15, 0.2) is 12.1 Å². The lowest BCUT2D eigenvalue weighted by Gasteiger charge is -2.10. The summed E-state index contributed by atoms with van der Waals surface area (Å²) in [5, 5.41) is 29.3. The second kappa shape index (κ2) is 6.75. The highest BCUT2D eigenvalue weighted by Crippen LogP contribution is 2.18. The first-order valence-electron chi connectivity index (χ1n) is 5.56. The van der Waals surface area contributed by atoms with Gasteiger partial charge in [-0.3, -0.25) is 4.79 Å². The minimum atomic E-state index is -1.60. The van der Waals surface area contributed by atoms with Crippen molar-refractivity contribution in [2.45, 2.75) is 0 Å². The van der Waals surface area contributed by atoms with Crippen LogP contribution in [0.25, 0.3) is 0 Å². The average molecular weight is 313 g/mol. The van der Waals surface area contributed by atoms with Gasteiger partial charge >= 0.3 is 17.9 Å². The Hall–Kier alpha value is -2.55. The number of hydrogen-bond donors (Lipinski definition) is 5. The van der Waals surface area contributed by atoms with Gasteiger partial charge in [0.2, 0.25) is 0 Å². The van der Waals surface area contributed by atoms with Gasteiger partial charge in [0.25, 0.3) is 5.91 Å². The number of aromatic carboxylic acids is 3. The summed E-state index contributed by atoms with van der Waals surface area (Å²) in [6.07, 6.45) is 0. The predicted molar refractivity (Wildman–Crippen MR) is 73.5 cm³/mol. The van der Waals surface area contributed by atoms with E-state index in [9.17, 15) is 19.2 Å². The molecule has 0 aliphatic rings. The molecule has 1 aromatic carbocycles. The number of carboxylic acids is 3. The lowest BCUT2D eigenvalue weighted by atomic mass is 9.97. The van der Waals surface area contributed by atoms with Crippen LogP contribution in [0.2, 0.25) is 0 Å². The normalized spacial score (nSPS) is 9.95. The first kappa shape index (κ1) is 16.5. The zero-order chi connectivity index (χ0) is 16.2. The molecule has 1 amide bonds. The molecule has 4 N–H and O–H groups in total. The molecule has 0 bridgehead atoms. The number of rotatable bonds is 6. The van der Waals surface area contributed by atoms with Crippen LogP contribution in [0.5, 0.6) is 0 Å². The number of carboxylic acid groups (broad SMARTS) is 3. The minimum absolute atomic E-state index is 0.143. The van der Waals surface area contributed by atoms with E-state index in [0.717, 1.165) is 6.07 Å². The number of carbonyl (C=O) groups is 4. The van der Waals surface area contributed by atoms with Crippen molar-refractivity contribution < 1.29 is 34.5 Å². The smallest absolute Gasteiger partial charge is 0.336 e. The molecule has 1 rings (SSSR count). The third kappa shape index (κ3) is 3.72. The van der Waals surface area contributed by atoms with Crippen LogP contribution < -0.4 is 5.32 Å². The Morgan fingerprint density at radius 1 is 0.857 bits per heavy atom. The summed E-state index contributed by atoms with van der Waals surface area (Å²) in [6.45, 7) is 0.143. The molecule has 0 unspecified atom stereocenters. The predicted octanol–water partition coefficient (Wildman–Crippen LogP) is 0.441. The lowest BCUT2D eigenvalue weighted by molar-refractivity contribution is 0.0648. The van der Waals surface area contributed by atoms with Crippen LogP contribution in [0.4, 0.5) is 0 Å². The zero-order valence-corrected chi connectivity index (χ0v) is 11.4.